The summed E-state index contributed by atoms with van der Waals surface area (Å²) in [5.41, 5.74) is 1.56. The molecule has 1 N–H and O–H groups in total. The number of hydrogen-bond acceptors (Lipinski definition) is 1. The quantitative estimate of drug-likeness (QED) is 0.686. The zero-order chi connectivity index (χ0) is 11.6. The van der Waals surface area contributed by atoms with Gasteiger partial charge in [0.15, 0.2) is 0 Å². The molecular formula is C15H27N. The van der Waals surface area contributed by atoms with Gasteiger partial charge in [-0.25, -0.2) is 0 Å². The molecule has 0 aliphatic heterocycles. The molecule has 0 atom stereocenters. The third-order valence-corrected chi connectivity index (χ3v) is 3.02. The average Bonchev–Trinajstić information content (AvgIpc) is 2.19. The van der Waals surface area contributed by atoms with E-state index in [0.29, 0.717) is 6.04 Å². The van der Waals surface area contributed by atoms with Crippen LogP contribution in [-0.4, -0.2) is 12.6 Å². The molecule has 0 spiro atoms. The molecule has 0 radical (unpaired) electrons. The number of rotatable bonds is 5. The van der Waals surface area contributed by atoms with Gasteiger partial charge in [0.2, 0.25) is 0 Å². The average molecular weight is 221 g/mol. The van der Waals surface area contributed by atoms with Crippen molar-refractivity contribution < 1.29 is 0 Å². The number of allylic oxidation sites excluding steroid dienone is 3. The Morgan fingerprint density at radius 2 is 2.06 bits per heavy atom. The molecule has 0 amide bonds. The van der Waals surface area contributed by atoms with E-state index in [0.717, 1.165) is 13.0 Å². The zero-order valence-electron chi connectivity index (χ0n) is 11.0. The highest BCUT2D eigenvalue weighted by Crippen LogP contribution is 2.17. The summed E-state index contributed by atoms with van der Waals surface area (Å²) in [6, 6.07) is 0.606. The van der Waals surface area contributed by atoms with E-state index in [-0.39, 0.29) is 0 Å². The Bertz CT molecular complexity index is 226. The second kappa shape index (κ2) is 8.58. The summed E-state index contributed by atoms with van der Waals surface area (Å²) in [4.78, 5) is 0. The molecule has 0 aromatic carbocycles. The molecule has 1 heteroatoms. The van der Waals surface area contributed by atoms with Gasteiger partial charge in [-0.05, 0) is 38.6 Å². The van der Waals surface area contributed by atoms with Crippen LogP contribution in [-0.2, 0) is 0 Å². The van der Waals surface area contributed by atoms with E-state index >= 15 is 0 Å². The third-order valence-electron chi connectivity index (χ3n) is 3.02. The Kier molecular flexibility index (Phi) is 7.24. The number of nitrogens with one attached hydrogen (secondary N) is 1. The number of hydrogen-bond donors (Lipinski definition) is 1. The van der Waals surface area contributed by atoms with Gasteiger partial charge < -0.3 is 5.32 Å². The van der Waals surface area contributed by atoms with E-state index in [2.05, 4.69) is 37.4 Å². The second-order valence-corrected chi connectivity index (χ2v) is 5.03. The van der Waals surface area contributed by atoms with Crippen LogP contribution in [0, 0.1) is 0 Å². The lowest BCUT2D eigenvalue weighted by molar-refractivity contribution is 0.594. The normalized spacial score (nSPS) is 18.6. The molecule has 0 aromatic heterocycles. The maximum absolute atomic E-state index is 3.43. The summed E-state index contributed by atoms with van der Waals surface area (Å²) < 4.78 is 0. The van der Waals surface area contributed by atoms with Gasteiger partial charge in [0.1, 0.15) is 0 Å². The monoisotopic (exact) mass is 221 g/mol. The lowest BCUT2D eigenvalue weighted by Crippen LogP contribution is -2.23. The van der Waals surface area contributed by atoms with Crippen molar-refractivity contribution in [2.24, 2.45) is 0 Å². The van der Waals surface area contributed by atoms with Crippen LogP contribution in [0.5, 0.6) is 0 Å². The van der Waals surface area contributed by atoms with Crippen molar-refractivity contribution >= 4 is 0 Å². The maximum Gasteiger partial charge on any atom is 0.00105 e. The van der Waals surface area contributed by atoms with Crippen LogP contribution in [0.3, 0.4) is 0 Å². The first-order valence-electron chi connectivity index (χ1n) is 6.88. The van der Waals surface area contributed by atoms with Crippen LogP contribution in [0.15, 0.2) is 23.8 Å². The molecule has 1 rings (SSSR count). The van der Waals surface area contributed by atoms with Gasteiger partial charge in [-0.1, -0.05) is 50.5 Å². The summed E-state index contributed by atoms with van der Waals surface area (Å²) in [6.45, 7) is 5.49. The van der Waals surface area contributed by atoms with E-state index < -0.39 is 0 Å². The van der Waals surface area contributed by atoms with Gasteiger partial charge in [-0.2, -0.15) is 0 Å². The topological polar surface area (TPSA) is 12.0 Å². The van der Waals surface area contributed by atoms with Gasteiger partial charge >= 0.3 is 0 Å². The van der Waals surface area contributed by atoms with Gasteiger partial charge in [0.25, 0.3) is 0 Å². The molecule has 0 aromatic rings. The lowest BCUT2D eigenvalue weighted by atomic mass is 9.99. The Labute approximate surface area is 101 Å². The first kappa shape index (κ1) is 13.5. The molecule has 92 valence electrons. The standard InChI is InChI=1S/C15H27N/c1-14(2)16-13-9-8-12-15-10-6-4-3-5-7-11-15/h8,10,12,14,16H,3-7,9,11,13H2,1-2H3/b12-8+,15-10?. The second-order valence-electron chi connectivity index (χ2n) is 5.03. The Morgan fingerprint density at radius 1 is 1.25 bits per heavy atom. The van der Waals surface area contributed by atoms with Gasteiger partial charge in [-0.3, -0.25) is 0 Å². The molecule has 0 unspecified atom stereocenters. The minimum Gasteiger partial charge on any atom is -0.314 e. The summed E-state index contributed by atoms with van der Waals surface area (Å²) in [6.07, 6.45) is 16.4. The van der Waals surface area contributed by atoms with Crippen molar-refractivity contribution in [3.05, 3.63) is 23.8 Å². The zero-order valence-corrected chi connectivity index (χ0v) is 11.0. The van der Waals surface area contributed by atoms with Crippen molar-refractivity contribution in [2.75, 3.05) is 6.54 Å². The Hall–Kier alpha value is -0.560. The van der Waals surface area contributed by atoms with E-state index in [9.17, 15) is 0 Å². The lowest BCUT2D eigenvalue weighted by Gasteiger charge is -2.08. The molecule has 1 aliphatic rings. The Balaban J connectivity index is 2.20. The molecule has 16 heavy (non-hydrogen) atoms. The van der Waals surface area contributed by atoms with Crippen LogP contribution in [0.25, 0.3) is 0 Å². The summed E-state index contributed by atoms with van der Waals surface area (Å²) >= 11 is 0. The predicted molar refractivity (Wildman–Crippen MR) is 72.7 cm³/mol. The largest absolute Gasteiger partial charge is 0.314 e. The van der Waals surface area contributed by atoms with Gasteiger partial charge in [0.05, 0.1) is 0 Å². The van der Waals surface area contributed by atoms with Crippen molar-refractivity contribution in [1.29, 1.82) is 0 Å². The maximum atomic E-state index is 3.43. The van der Waals surface area contributed by atoms with Crippen LogP contribution >= 0.6 is 0 Å². The fourth-order valence-corrected chi connectivity index (χ4v) is 2.06. The first-order chi connectivity index (χ1) is 7.79. The van der Waals surface area contributed by atoms with E-state index in [1.165, 1.54) is 38.5 Å². The first-order valence-corrected chi connectivity index (χ1v) is 6.88. The van der Waals surface area contributed by atoms with Crippen molar-refractivity contribution in [3.8, 4) is 0 Å². The van der Waals surface area contributed by atoms with Crippen molar-refractivity contribution in [3.63, 3.8) is 0 Å². The van der Waals surface area contributed by atoms with E-state index in [1.807, 2.05) is 0 Å². The van der Waals surface area contributed by atoms with Crippen LogP contribution < -0.4 is 5.32 Å². The molecule has 0 bridgehead atoms. The third kappa shape index (κ3) is 6.84. The fourth-order valence-electron chi connectivity index (χ4n) is 2.06. The highest BCUT2D eigenvalue weighted by molar-refractivity contribution is 5.18. The molecule has 0 heterocycles. The molecule has 0 fully saturated rings. The highest BCUT2D eigenvalue weighted by Gasteiger charge is 1.98. The molecular weight excluding hydrogens is 194 g/mol. The van der Waals surface area contributed by atoms with Gasteiger partial charge in [-0.15, -0.1) is 0 Å². The minimum atomic E-state index is 0.606. The predicted octanol–water partition coefficient (Wildman–Crippen LogP) is 4.21. The van der Waals surface area contributed by atoms with E-state index in [1.54, 1.807) is 5.57 Å². The van der Waals surface area contributed by atoms with Crippen molar-refractivity contribution in [1.82, 2.24) is 5.32 Å². The SMILES string of the molecule is CC(C)NCC/C=C/C1=CCCCCCC1. The summed E-state index contributed by atoms with van der Waals surface area (Å²) in [5, 5.41) is 3.43. The summed E-state index contributed by atoms with van der Waals surface area (Å²) in [7, 11) is 0. The fraction of sp³-hybridized carbons (Fsp3) is 0.733. The van der Waals surface area contributed by atoms with Crippen molar-refractivity contribution in [2.45, 2.75) is 64.8 Å². The Morgan fingerprint density at radius 3 is 2.88 bits per heavy atom. The summed E-state index contributed by atoms with van der Waals surface area (Å²) in [5.74, 6) is 0. The van der Waals surface area contributed by atoms with Crippen LogP contribution in [0.1, 0.15) is 58.8 Å². The van der Waals surface area contributed by atoms with Gasteiger partial charge in [0, 0.05) is 6.04 Å². The van der Waals surface area contributed by atoms with Crippen LogP contribution in [0.2, 0.25) is 0 Å². The molecule has 0 saturated heterocycles. The minimum absolute atomic E-state index is 0.606. The molecule has 1 nitrogen and oxygen atoms in total. The smallest absolute Gasteiger partial charge is 0.00105 e. The van der Waals surface area contributed by atoms with E-state index in [4.69, 9.17) is 0 Å². The molecule has 1 aliphatic carbocycles. The highest BCUT2D eigenvalue weighted by atomic mass is 14.9. The van der Waals surface area contributed by atoms with Crippen LogP contribution in [0.4, 0.5) is 0 Å². The molecule has 0 saturated carbocycles.